The van der Waals surface area contributed by atoms with Gasteiger partial charge in [0.25, 0.3) is 5.91 Å². The van der Waals surface area contributed by atoms with E-state index in [-0.39, 0.29) is 10.6 Å². The maximum Gasteiger partial charge on any atom is 0.358 e. The number of amides is 1. The molecule has 3 N–H and O–H groups in total. The van der Waals surface area contributed by atoms with Crippen LogP contribution in [0, 0.1) is 0 Å². The lowest BCUT2D eigenvalue weighted by Gasteiger charge is -1.87. The first-order valence-corrected chi connectivity index (χ1v) is 3.25. The minimum Gasteiger partial charge on any atom is -0.476 e. The molecule has 0 bridgehead atoms. The largest absolute Gasteiger partial charge is 0.476 e. The summed E-state index contributed by atoms with van der Waals surface area (Å²) in [6.07, 6.45) is 0. The fraction of sp³-hybridized carbons (Fsp3) is 0. The number of carbonyl (C=O) groups excluding carboxylic acids is 1. The Hall–Kier alpha value is -1.50. The van der Waals surface area contributed by atoms with Crippen LogP contribution in [-0.2, 0) is 0 Å². The van der Waals surface area contributed by atoms with Crippen molar-refractivity contribution in [1.82, 2.24) is 9.59 Å². The third-order valence-corrected chi connectivity index (χ3v) is 1.65. The monoisotopic (exact) mass is 173 g/mol. The molecule has 0 aliphatic heterocycles. The Morgan fingerprint density at radius 2 is 2.18 bits per heavy atom. The van der Waals surface area contributed by atoms with Gasteiger partial charge in [-0.15, -0.1) is 5.10 Å². The molecule has 6 nitrogen and oxygen atoms in total. The first kappa shape index (κ1) is 7.61. The van der Waals surface area contributed by atoms with E-state index in [1.807, 2.05) is 0 Å². The van der Waals surface area contributed by atoms with Crippen molar-refractivity contribution in [3.8, 4) is 0 Å². The molecule has 1 aromatic rings. The van der Waals surface area contributed by atoms with E-state index in [4.69, 9.17) is 10.8 Å². The Labute approximate surface area is 64.8 Å². The van der Waals surface area contributed by atoms with E-state index < -0.39 is 11.9 Å². The standard InChI is InChI=1S/C4H3N3O3S/c5-3(8)2-1(4(9)10)6-7-11-2/h(H2,5,8)(H,9,10). The molecule has 1 heterocycles. The third kappa shape index (κ3) is 1.32. The first-order valence-electron chi connectivity index (χ1n) is 2.48. The minimum absolute atomic E-state index is 0.127. The minimum atomic E-state index is -1.30. The normalized spacial score (nSPS) is 9.45. The lowest BCUT2D eigenvalue weighted by Crippen LogP contribution is -2.13. The van der Waals surface area contributed by atoms with Gasteiger partial charge in [-0.1, -0.05) is 4.49 Å². The Kier molecular flexibility index (Phi) is 1.81. The van der Waals surface area contributed by atoms with Gasteiger partial charge < -0.3 is 10.8 Å². The van der Waals surface area contributed by atoms with Crippen LogP contribution in [0.3, 0.4) is 0 Å². The third-order valence-electron chi connectivity index (χ3n) is 0.914. The van der Waals surface area contributed by atoms with Gasteiger partial charge in [-0.05, 0) is 11.5 Å². The summed E-state index contributed by atoms with van der Waals surface area (Å²) in [5.74, 6) is -2.12. The molecule has 58 valence electrons. The van der Waals surface area contributed by atoms with Gasteiger partial charge in [0.2, 0.25) is 0 Å². The zero-order valence-electron chi connectivity index (χ0n) is 5.14. The van der Waals surface area contributed by atoms with Crippen LogP contribution in [0.2, 0.25) is 0 Å². The van der Waals surface area contributed by atoms with Crippen LogP contribution in [0.4, 0.5) is 0 Å². The highest BCUT2D eigenvalue weighted by Crippen LogP contribution is 2.08. The quantitative estimate of drug-likeness (QED) is 0.617. The zero-order chi connectivity index (χ0) is 8.43. The van der Waals surface area contributed by atoms with E-state index in [9.17, 15) is 9.59 Å². The molecule has 1 amide bonds. The summed E-state index contributed by atoms with van der Waals surface area (Å²) in [6.45, 7) is 0. The molecule has 0 saturated carbocycles. The summed E-state index contributed by atoms with van der Waals surface area (Å²) in [5, 5.41) is 11.6. The predicted octanol–water partition coefficient (Wildman–Crippen LogP) is -0.665. The van der Waals surface area contributed by atoms with E-state index in [0.717, 1.165) is 0 Å². The number of aromatic carboxylic acids is 1. The molecule has 1 rings (SSSR count). The van der Waals surface area contributed by atoms with Crippen molar-refractivity contribution >= 4 is 23.4 Å². The highest BCUT2D eigenvalue weighted by atomic mass is 32.1. The molecule has 0 radical (unpaired) electrons. The zero-order valence-corrected chi connectivity index (χ0v) is 5.96. The molecule has 1 aromatic heterocycles. The Morgan fingerprint density at radius 1 is 1.55 bits per heavy atom. The number of primary amides is 1. The second-order valence-corrected chi connectivity index (χ2v) is 2.37. The first-order chi connectivity index (χ1) is 5.13. The van der Waals surface area contributed by atoms with Gasteiger partial charge in [0.1, 0.15) is 4.88 Å². The van der Waals surface area contributed by atoms with E-state index in [1.54, 1.807) is 0 Å². The van der Waals surface area contributed by atoms with Crippen LogP contribution in [-0.4, -0.2) is 26.6 Å². The van der Waals surface area contributed by atoms with E-state index in [2.05, 4.69) is 9.59 Å². The number of nitrogens with two attached hydrogens (primary N) is 1. The Balaban J connectivity index is 3.16. The summed E-state index contributed by atoms with van der Waals surface area (Å²) in [5.41, 5.74) is 4.44. The number of nitrogens with zero attached hydrogens (tertiary/aromatic N) is 2. The summed E-state index contributed by atoms with van der Waals surface area (Å²) in [6, 6.07) is 0. The highest BCUT2D eigenvalue weighted by molar-refractivity contribution is 7.08. The summed E-state index contributed by atoms with van der Waals surface area (Å²) in [7, 11) is 0. The molecule has 7 heteroatoms. The smallest absolute Gasteiger partial charge is 0.358 e. The van der Waals surface area contributed by atoms with Crippen LogP contribution in [0.15, 0.2) is 0 Å². The molecular weight excluding hydrogens is 170 g/mol. The number of aromatic nitrogens is 2. The van der Waals surface area contributed by atoms with Crippen LogP contribution in [0.5, 0.6) is 0 Å². The van der Waals surface area contributed by atoms with Gasteiger partial charge in [0, 0.05) is 0 Å². The fourth-order valence-electron chi connectivity index (χ4n) is 0.492. The molecular formula is C4H3N3O3S. The van der Waals surface area contributed by atoms with Crippen molar-refractivity contribution in [3.05, 3.63) is 10.6 Å². The molecule has 0 unspecified atom stereocenters. The fourth-order valence-corrected chi connectivity index (χ4v) is 1.00. The van der Waals surface area contributed by atoms with Crippen LogP contribution < -0.4 is 5.73 Å². The molecule has 0 aromatic carbocycles. The van der Waals surface area contributed by atoms with Crippen molar-refractivity contribution in [2.45, 2.75) is 0 Å². The average molecular weight is 173 g/mol. The van der Waals surface area contributed by atoms with Crippen LogP contribution in [0.1, 0.15) is 20.2 Å². The van der Waals surface area contributed by atoms with Gasteiger partial charge in [0.15, 0.2) is 5.69 Å². The lowest BCUT2D eigenvalue weighted by atomic mass is 10.3. The number of carboxylic acid groups (broad SMARTS) is 1. The van der Waals surface area contributed by atoms with E-state index in [0.29, 0.717) is 11.5 Å². The van der Waals surface area contributed by atoms with E-state index in [1.165, 1.54) is 0 Å². The number of rotatable bonds is 2. The SMILES string of the molecule is NC(=O)c1snnc1C(=O)O. The molecule has 0 saturated heterocycles. The van der Waals surface area contributed by atoms with Gasteiger partial charge in [-0.25, -0.2) is 4.79 Å². The molecule has 11 heavy (non-hydrogen) atoms. The number of hydrogen-bond acceptors (Lipinski definition) is 5. The summed E-state index contributed by atoms with van der Waals surface area (Å²) >= 11 is 0.669. The average Bonchev–Trinajstić information content (AvgIpc) is 2.32. The van der Waals surface area contributed by atoms with Crippen LogP contribution in [0.25, 0.3) is 0 Å². The van der Waals surface area contributed by atoms with Crippen molar-refractivity contribution < 1.29 is 14.7 Å². The number of hydrogen-bond donors (Lipinski definition) is 2. The number of carboxylic acids is 1. The molecule has 0 fully saturated rings. The van der Waals surface area contributed by atoms with Crippen molar-refractivity contribution in [2.24, 2.45) is 5.73 Å². The van der Waals surface area contributed by atoms with Gasteiger partial charge >= 0.3 is 5.97 Å². The summed E-state index contributed by atoms with van der Waals surface area (Å²) < 4.78 is 3.27. The molecule has 0 aliphatic carbocycles. The Bertz CT molecular complexity index is 279. The van der Waals surface area contributed by atoms with Crippen molar-refractivity contribution in [1.29, 1.82) is 0 Å². The maximum absolute atomic E-state index is 10.5. The second kappa shape index (κ2) is 2.62. The molecule has 0 atom stereocenters. The highest BCUT2D eigenvalue weighted by Gasteiger charge is 2.18. The van der Waals surface area contributed by atoms with E-state index >= 15 is 0 Å². The summed E-state index contributed by atoms with van der Waals surface area (Å²) in [4.78, 5) is 20.6. The molecule has 0 aliphatic rings. The van der Waals surface area contributed by atoms with Crippen LogP contribution >= 0.6 is 11.5 Å². The Morgan fingerprint density at radius 3 is 2.55 bits per heavy atom. The maximum atomic E-state index is 10.5. The van der Waals surface area contributed by atoms with Crippen molar-refractivity contribution in [2.75, 3.05) is 0 Å². The van der Waals surface area contributed by atoms with Gasteiger partial charge in [-0.3, -0.25) is 4.79 Å². The number of carbonyl (C=O) groups is 2. The van der Waals surface area contributed by atoms with Gasteiger partial charge in [-0.2, -0.15) is 0 Å². The second-order valence-electron chi connectivity index (χ2n) is 1.62. The van der Waals surface area contributed by atoms with Crippen molar-refractivity contribution in [3.63, 3.8) is 0 Å². The topological polar surface area (TPSA) is 106 Å². The lowest BCUT2D eigenvalue weighted by molar-refractivity contribution is 0.0686. The van der Waals surface area contributed by atoms with Gasteiger partial charge in [0.05, 0.1) is 0 Å². The predicted molar refractivity (Wildman–Crippen MR) is 35.4 cm³/mol. The molecule has 0 spiro atoms.